The summed E-state index contributed by atoms with van der Waals surface area (Å²) < 4.78 is 16.9. The van der Waals surface area contributed by atoms with Crippen LogP contribution in [0, 0.1) is 0 Å². The van der Waals surface area contributed by atoms with Crippen molar-refractivity contribution >= 4 is 12.0 Å². The number of hydrogen-bond acceptors (Lipinski definition) is 4. The molecular formula is C22H25NO4. The second-order valence-electron chi connectivity index (χ2n) is 6.43. The molecule has 5 heteroatoms. The highest BCUT2D eigenvalue weighted by atomic mass is 16.5. The summed E-state index contributed by atoms with van der Waals surface area (Å²) in [7, 11) is 1.61. The Hall–Kier alpha value is -2.95. The first-order valence-electron chi connectivity index (χ1n) is 9.15. The van der Waals surface area contributed by atoms with Crippen molar-refractivity contribution < 1.29 is 19.0 Å². The smallest absolute Gasteiger partial charge is 0.244 e. The average Bonchev–Trinajstić information content (AvgIpc) is 3.03. The van der Waals surface area contributed by atoms with Gasteiger partial charge in [-0.2, -0.15) is 0 Å². The first-order chi connectivity index (χ1) is 13.1. The maximum absolute atomic E-state index is 12.2. The molecule has 0 fully saturated rings. The number of carbonyl (C=O) groups is 1. The van der Waals surface area contributed by atoms with Crippen molar-refractivity contribution in [2.75, 3.05) is 13.7 Å². The van der Waals surface area contributed by atoms with Gasteiger partial charge >= 0.3 is 0 Å². The highest BCUT2D eigenvalue weighted by Gasteiger charge is 2.21. The third-order valence-electron chi connectivity index (χ3n) is 4.39. The molecule has 27 heavy (non-hydrogen) atoms. The zero-order valence-electron chi connectivity index (χ0n) is 16.0. The van der Waals surface area contributed by atoms with E-state index in [0.717, 1.165) is 40.4 Å². The topological polar surface area (TPSA) is 56.8 Å². The minimum atomic E-state index is -0.182. The molecule has 0 spiro atoms. The van der Waals surface area contributed by atoms with Gasteiger partial charge < -0.3 is 19.5 Å². The molecule has 0 aliphatic carbocycles. The molecule has 5 nitrogen and oxygen atoms in total. The van der Waals surface area contributed by atoms with Crippen LogP contribution < -0.4 is 19.5 Å². The van der Waals surface area contributed by atoms with E-state index in [1.165, 1.54) is 6.08 Å². The molecule has 1 N–H and O–H groups in total. The van der Waals surface area contributed by atoms with Crippen LogP contribution in [0.4, 0.5) is 0 Å². The SMILES string of the molecule is CCOc1cc2c(cc1CNC(=O)/C=C/c1ccccc1OC)O[C@@H](C)C2. The number of nitrogens with one attached hydrogen (secondary N) is 1. The zero-order valence-corrected chi connectivity index (χ0v) is 16.0. The Morgan fingerprint density at radius 2 is 2.11 bits per heavy atom. The van der Waals surface area contributed by atoms with E-state index in [0.29, 0.717) is 13.2 Å². The monoisotopic (exact) mass is 367 g/mol. The first-order valence-corrected chi connectivity index (χ1v) is 9.15. The Bertz CT molecular complexity index is 844. The molecule has 1 aliphatic rings. The highest BCUT2D eigenvalue weighted by molar-refractivity contribution is 5.92. The third kappa shape index (κ3) is 4.61. The normalized spacial score (nSPS) is 15.3. The van der Waals surface area contributed by atoms with Crippen LogP contribution in [-0.4, -0.2) is 25.7 Å². The molecule has 3 rings (SSSR count). The van der Waals surface area contributed by atoms with E-state index in [4.69, 9.17) is 14.2 Å². The van der Waals surface area contributed by atoms with Gasteiger partial charge in [0.1, 0.15) is 23.4 Å². The van der Waals surface area contributed by atoms with Crippen molar-refractivity contribution in [3.05, 3.63) is 59.2 Å². The predicted molar refractivity (Wildman–Crippen MR) is 105 cm³/mol. The van der Waals surface area contributed by atoms with Crippen molar-refractivity contribution in [3.8, 4) is 17.2 Å². The zero-order chi connectivity index (χ0) is 19.2. The van der Waals surface area contributed by atoms with Crippen molar-refractivity contribution in [3.63, 3.8) is 0 Å². The molecule has 0 radical (unpaired) electrons. The Labute approximate surface area is 159 Å². The minimum Gasteiger partial charge on any atom is -0.496 e. The molecule has 1 atom stereocenters. The summed E-state index contributed by atoms with van der Waals surface area (Å²) >= 11 is 0. The Morgan fingerprint density at radius 1 is 1.30 bits per heavy atom. The Kier molecular flexibility index (Phi) is 6.01. The number of methoxy groups -OCH3 is 1. The van der Waals surface area contributed by atoms with E-state index >= 15 is 0 Å². The van der Waals surface area contributed by atoms with Crippen LogP contribution >= 0.6 is 0 Å². The lowest BCUT2D eigenvalue weighted by atomic mass is 10.1. The fourth-order valence-corrected chi connectivity index (χ4v) is 3.12. The van der Waals surface area contributed by atoms with Crippen LogP contribution in [0.2, 0.25) is 0 Å². The summed E-state index contributed by atoms with van der Waals surface area (Å²) in [4.78, 5) is 12.2. The average molecular weight is 367 g/mol. The van der Waals surface area contributed by atoms with Gasteiger partial charge in [0, 0.05) is 35.7 Å². The summed E-state index contributed by atoms with van der Waals surface area (Å²) in [5.41, 5.74) is 2.91. The highest BCUT2D eigenvalue weighted by Crippen LogP contribution is 2.35. The lowest BCUT2D eigenvalue weighted by Gasteiger charge is -2.13. The molecule has 0 aromatic heterocycles. The molecule has 1 heterocycles. The molecule has 0 unspecified atom stereocenters. The van der Waals surface area contributed by atoms with Gasteiger partial charge in [-0.15, -0.1) is 0 Å². The molecule has 1 aliphatic heterocycles. The van der Waals surface area contributed by atoms with E-state index < -0.39 is 0 Å². The predicted octanol–water partition coefficient (Wildman–Crippen LogP) is 3.75. The molecule has 1 amide bonds. The van der Waals surface area contributed by atoms with Crippen molar-refractivity contribution in [1.29, 1.82) is 0 Å². The number of hydrogen-bond donors (Lipinski definition) is 1. The van der Waals surface area contributed by atoms with E-state index in [1.807, 2.05) is 50.2 Å². The van der Waals surface area contributed by atoms with Gasteiger partial charge in [-0.3, -0.25) is 4.79 Å². The van der Waals surface area contributed by atoms with Crippen molar-refractivity contribution in [2.24, 2.45) is 0 Å². The number of para-hydroxylation sites is 1. The van der Waals surface area contributed by atoms with Gasteiger partial charge in [0.15, 0.2) is 0 Å². The van der Waals surface area contributed by atoms with E-state index in [-0.39, 0.29) is 12.0 Å². The lowest BCUT2D eigenvalue weighted by Crippen LogP contribution is -2.20. The van der Waals surface area contributed by atoms with E-state index in [2.05, 4.69) is 5.32 Å². The van der Waals surface area contributed by atoms with Crippen LogP contribution in [0.15, 0.2) is 42.5 Å². The number of amides is 1. The van der Waals surface area contributed by atoms with Gasteiger partial charge in [0.05, 0.1) is 13.7 Å². The molecule has 0 saturated carbocycles. The largest absolute Gasteiger partial charge is 0.496 e. The van der Waals surface area contributed by atoms with Crippen LogP contribution in [0.3, 0.4) is 0 Å². The van der Waals surface area contributed by atoms with Crippen LogP contribution in [0.25, 0.3) is 6.08 Å². The maximum atomic E-state index is 12.2. The maximum Gasteiger partial charge on any atom is 0.244 e. The summed E-state index contributed by atoms with van der Waals surface area (Å²) in [5, 5.41) is 2.91. The standard InChI is InChI=1S/C22H25NO4/c1-4-26-20-12-17-11-15(2)27-21(17)13-18(20)14-23-22(24)10-9-16-7-5-6-8-19(16)25-3/h5-10,12-13,15H,4,11,14H2,1-3H3,(H,23,24)/b10-9+/t15-/m0/s1. The number of rotatable bonds is 7. The fourth-order valence-electron chi connectivity index (χ4n) is 3.12. The summed E-state index contributed by atoms with van der Waals surface area (Å²) in [6.45, 7) is 4.94. The molecule has 0 saturated heterocycles. The lowest BCUT2D eigenvalue weighted by molar-refractivity contribution is -0.116. The summed E-state index contributed by atoms with van der Waals surface area (Å²) in [6.07, 6.45) is 4.29. The Morgan fingerprint density at radius 3 is 2.89 bits per heavy atom. The molecular weight excluding hydrogens is 342 g/mol. The second-order valence-corrected chi connectivity index (χ2v) is 6.43. The minimum absolute atomic E-state index is 0.170. The summed E-state index contributed by atoms with van der Waals surface area (Å²) in [5.74, 6) is 2.21. The van der Waals surface area contributed by atoms with Gasteiger partial charge in [0.25, 0.3) is 0 Å². The van der Waals surface area contributed by atoms with Gasteiger partial charge in [-0.05, 0) is 38.1 Å². The van der Waals surface area contributed by atoms with Crippen LogP contribution in [0.5, 0.6) is 17.2 Å². The first kappa shape index (κ1) is 18.8. The number of ether oxygens (including phenoxy) is 3. The van der Waals surface area contributed by atoms with Crippen LogP contribution in [0.1, 0.15) is 30.5 Å². The number of carbonyl (C=O) groups excluding carboxylic acids is 1. The van der Waals surface area contributed by atoms with Gasteiger partial charge in [0.2, 0.25) is 5.91 Å². The quantitative estimate of drug-likeness (QED) is 0.758. The van der Waals surface area contributed by atoms with E-state index in [9.17, 15) is 4.79 Å². The molecule has 2 aromatic carbocycles. The fraction of sp³-hybridized carbons (Fsp3) is 0.318. The van der Waals surface area contributed by atoms with Gasteiger partial charge in [-0.25, -0.2) is 0 Å². The van der Waals surface area contributed by atoms with E-state index in [1.54, 1.807) is 13.2 Å². The van der Waals surface area contributed by atoms with Gasteiger partial charge in [-0.1, -0.05) is 18.2 Å². The Balaban J connectivity index is 1.68. The number of fused-ring (bicyclic) bond motifs is 1. The third-order valence-corrected chi connectivity index (χ3v) is 4.39. The van der Waals surface area contributed by atoms with Crippen molar-refractivity contribution in [1.82, 2.24) is 5.32 Å². The molecule has 0 bridgehead atoms. The molecule has 2 aromatic rings. The summed E-state index contributed by atoms with van der Waals surface area (Å²) in [6, 6.07) is 11.5. The second kappa shape index (κ2) is 8.62. The van der Waals surface area contributed by atoms with Crippen molar-refractivity contribution in [2.45, 2.75) is 32.9 Å². The van der Waals surface area contributed by atoms with Crippen LogP contribution in [-0.2, 0) is 17.8 Å². The molecule has 142 valence electrons. The number of benzene rings is 2.